The second-order valence-corrected chi connectivity index (χ2v) is 4.34. The maximum Gasteiger partial charge on any atom is 0.0991 e. The van der Waals surface area contributed by atoms with Gasteiger partial charge in [-0.1, -0.05) is 12.1 Å². The highest BCUT2D eigenvalue weighted by Gasteiger charge is 2.02. The Labute approximate surface area is 107 Å². The van der Waals surface area contributed by atoms with E-state index in [1.165, 1.54) is 5.56 Å². The predicted molar refractivity (Wildman–Crippen MR) is 70.6 cm³/mol. The molecule has 0 aliphatic rings. The number of nitrogens with zero attached hydrogens (tertiary/aromatic N) is 3. The summed E-state index contributed by atoms with van der Waals surface area (Å²) in [5, 5.41) is 8.86. The normalized spacial score (nSPS) is 10.3. The van der Waals surface area contributed by atoms with Crippen LogP contribution in [-0.2, 0) is 13.1 Å². The van der Waals surface area contributed by atoms with Crippen LogP contribution in [0.3, 0.4) is 0 Å². The molecule has 0 saturated heterocycles. The molecule has 0 spiro atoms. The van der Waals surface area contributed by atoms with E-state index in [0.717, 1.165) is 18.7 Å². The van der Waals surface area contributed by atoms with Gasteiger partial charge in [-0.3, -0.25) is 9.88 Å². The van der Waals surface area contributed by atoms with E-state index < -0.39 is 0 Å². The minimum Gasteiger partial charge on any atom is -0.298 e. The van der Waals surface area contributed by atoms with Crippen LogP contribution in [0.2, 0.25) is 0 Å². The molecule has 0 saturated carbocycles. The van der Waals surface area contributed by atoms with Crippen molar-refractivity contribution in [2.45, 2.75) is 13.1 Å². The van der Waals surface area contributed by atoms with Gasteiger partial charge in [0.1, 0.15) is 0 Å². The number of rotatable bonds is 4. The van der Waals surface area contributed by atoms with E-state index in [4.69, 9.17) is 5.26 Å². The summed E-state index contributed by atoms with van der Waals surface area (Å²) in [4.78, 5) is 6.22. The van der Waals surface area contributed by atoms with Crippen molar-refractivity contribution in [1.82, 2.24) is 9.88 Å². The zero-order chi connectivity index (χ0) is 12.8. The molecule has 1 aromatic heterocycles. The molecule has 0 amide bonds. The first-order valence-corrected chi connectivity index (χ1v) is 5.84. The van der Waals surface area contributed by atoms with Crippen LogP contribution in [0.1, 0.15) is 16.7 Å². The average Bonchev–Trinajstić information content (AvgIpc) is 2.40. The number of aromatic nitrogens is 1. The first-order valence-electron chi connectivity index (χ1n) is 5.84. The molecule has 18 heavy (non-hydrogen) atoms. The highest BCUT2D eigenvalue weighted by Crippen LogP contribution is 2.09. The third kappa shape index (κ3) is 3.41. The third-order valence-electron chi connectivity index (χ3n) is 2.71. The summed E-state index contributed by atoms with van der Waals surface area (Å²) >= 11 is 0. The fourth-order valence-corrected chi connectivity index (χ4v) is 1.91. The van der Waals surface area contributed by atoms with Gasteiger partial charge in [0.15, 0.2) is 0 Å². The number of hydrogen-bond acceptors (Lipinski definition) is 3. The standard InChI is InChI=1S/C15H15N3/c1-18(11-13-5-7-17-8-6-13)12-15-4-2-3-14(9-15)10-16/h2-9H,11-12H2,1H3. The maximum atomic E-state index is 8.86. The van der Waals surface area contributed by atoms with Crippen molar-refractivity contribution in [3.63, 3.8) is 0 Å². The van der Waals surface area contributed by atoms with Crippen LogP contribution in [-0.4, -0.2) is 16.9 Å². The topological polar surface area (TPSA) is 39.9 Å². The second-order valence-electron chi connectivity index (χ2n) is 4.34. The van der Waals surface area contributed by atoms with Crippen molar-refractivity contribution >= 4 is 0 Å². The second kappa shape index (κ2) is 5.95. The van der Waals surface area contributed by atoms with Gasteiger partial charge in [-0.05, 0) is 42.4 Å². The minimum absolute atomic E-state index is 0.713. The zero-order valence-electron chi connectivity index (χ0n) is 10.4. The minimum atomic E-state index is 0.713. The van der Waals surface area contributed by atoms with E-state index in [1.807, 2.05) is 36.4 Å². The average molecular weight is 237 g/mol. The molecule has 3 heteroatoms. The molecule has 1 heterocycles. The molecule has 0 aliphatic carbocycles. The first-order chi connectivity index (χ1) is 8.78. The van der Waals surface area contributed by atoms with Crippen LogP contribution in [0.25, 0.3) is 0 Å². The highest BCUT2D eigenvalue weighted by atomic mass is 15.1. The van der Waals surface area contributed by atoms with Gasteiger partial charge in [0.25, 0.3) is 0 Å². The smallest absolute Gasteiger partial charge is 0.0991 e. The molecule has 90 valence electrons. The van der Waals surface area contributed by atoms with Gasteiger partial charge < -0.3 is 0 Å². The predicted octanol–water partition coefficient (Wildman–Crippen LogP) is 2.59. The highest BCUT2D eigenvalue weighted by molar-refractivity contribution is 5.32. The number of pyridine rings is 1. The third-order valence-corrected chi connectivity index (χ3v) is 2.71. The fraction of sp³-hybridized carbons (Fsp3) is 0.200. The summed E-state index contributed by atoms with van der Waals surface area (Å²) in [6, 6.07) is 13.9. The van der Waals surface area contributed by atoms with Gasteiger partial charge in [0, 0.05) is 25.5 Å². The van der Waals surface area contributed by atoms with E-state index in [9.17, 15) is 0 Å². The van der Waals surface area contributed by atoms with Crippen molar-refractivity contribution in [1.29, 1.82) is 5.26 Å². The van der Waals surface area contributed by atoms with Crippen LogP contribution in [0, 0.1) is 11.3 Å². The Morgan fingerprint density at radius 1 is 1.11 bits per heavy atom. The summed E-state index contributed by atoms with van der Waals surface area (Å²) < 4.78 is 0. The van der Waals surface area contributed by atoms with E-state index in [1.54, 1.807) is 12.4 Å². The summed E-state index contributed by atoms with van der Waals surface area (Å²) in [6.07, 6.45) is 3.61. The molecule has 1 aromatic carbocycles. The van der Waals surface area contributed by atoms with Crippen LogP contribution < -0.4 is 0 Å². The molecule has 0 atom stereocenters. The monoisotopic (exact) mass is 237 g/mol. The molecule has 0 bridgehead atoms. The molecule has 0 radical (unpaired) electrons. The van der Waals surface area contributed by atoms with Crippen molar-refractivity contribution in [3.8, 4) is 6.07 Å². The SMILES string of the molecule is CN(Cc1ccncc1)Cc1cccc(C#N)c1. The lowest BCUT2D eigenvalue weighted by Crippen LogP contribution is -2.17. The molecule has 2 aromatic rings. The van der Waals surface area contributed by atoms with Gasteiger partial charge in [0.05, 0.1) is 11.6 Å². The molecule has 0 fully saturated rings. The fourth-order valence-electron chi connectivity index (χ4n) is 1.91. The number of benzene rings is 1. The Hall–Kier alpha value is -2.18. The van der Waals surface area contributed by atoms with Gasteiger partial charge in [-0.25, -0.2) is 0 Å². The van der Waals surface area contributed by atoms with E-state index >= 15 is 0 Å². The molecule has 0 N–H and O–H groups in total. The lowest BCUT2D eigenvalue weighted by atomic mass is 10.1. The molecule has 3 nitrogen and oxygen atoms in total. The summed E-state index contributed by atoms with van der Waals surface area (Å²) in [7, 11) is 2.07. The van der Waals surface area contributed by atoms with E-state index in [-0.39, 0.29) is 0 Å². The molecular formula is C15H15N3. The lowest BCUT2D eigenvalue weighted by Gasteiger charge is -2.16. The van der Waals surface area contributed by atoms with Crippen LogP contribution >= 0.6 is 0 Å². The Morgan fingerprint density at radius 2 is 1.83 bits per heavy atom. The van der Waals surface area contributed by atoms with Crippen molar-refractivity contribution in [2.24, 2.45) is 0 Å². The Balaban J connectivity index is 1.99. The number of hydrogen-bond donors (Lipinski definition) is 0. The van der Waals surface area contributed by atoms with Crippen LogP contribution in [0.5, 0.6) is 0 Å². The summed E-state index contributed by atoms with van der Waals surface area (Å²) in [5.74, 6) is 0. The zero-order valence-corrected chi connectivity index (χ0v) is 10.4. The van der Waals surface area contributed by atoms with Crippen LogP contribution in [0.15, 0.2) is 48.8 Å². The lowest BCUT2D eigenvalue weighted by molar-refractivity contribution is 0.319. The number of nitriles is 1. The molecule has 0 unspecified atom stereocenters. The summed E-state index contributed by atoms with van der Waals surface area (Å²) in [6.45, 7) is 1.71. The van der Waals surface area contributed by atoms with Crippen LogP contribution in [0.4, 0.5) is 0 Å². The van der Waals surface area contributed by atoms with Gasteiger partial charge >= 0.3 is 0 Å². The van der Waals surface area contributed by atoms with Crippen molar-refractivity contribution in [3.05, 3.63) is 65.5 Å². The van der Waals surface area contributed by atoms with E-state index in [2.05, 4.69) is 23.0 Å². The molecular weight excluding hydrogens is 222 g/mol. The van der Waals surface area contributed by atoms with E-state index in [0.29, 0.717) is 5.56 Å². The largest absolute Gasteiger partial charge is 0.298 e. The Bertz CT molecular complexity index is 543. The van der Waals surface area contributed by atoms with Gasteiger partial charge in [0.2, 0.25) is 0 Å². The first kappa shape index (κ1) is 12.3. The summed E-state index contributed by atoms with van der Waals surface area (Å²) in [5.41, 5.74) is 3.11. The Kier molecular flexibility index (Phi) is 4.06. The van der Waals surface area contributed by atoms with Crippen molar-refractivity contribution < 1.29 is 0 Å². The van der Waals surface area contributed by atoms with Gasteiger partial charge in [-0.15, -0.1) is 0 Å². The molecule has 2 rings (SSSR count). The van der Waals surface area contributed by atoms with Crippen molar-refractivity contribution in [2.75, 3.05) is 7.05 Å². The quantitative estimate of drug-likeness (QED) is 0.820. The Morgan fingerprint density at radius 3 is 2.56 bits per heavy atom. The maximum absolute atomic E-state index is 8.86. The molecule has 0 aliphatic heterocycles. The van der Waals surface area contributed by atoms with Gasteiger partial charge in [-0.2, -0.15) is 5.26 Å².